The molecule has 0 spiro atoms. The van der Waals surface area contributed by atoms with E-state index in [9.17, 15) is 14.7 Å². The van der Waals surface area contributed by atoms with Crippen LogP contribution < -0.4 is 20.3 Å². The average Bonchev–Trinajstić information content (AvgIpc) is 3.29. The Morgan fingerprint density at radius 3 is 2.48 bits per heavy atom. The Bertz CT molecular complexity index is 1330. The lowest BCUT2D eigenvalue weighted by Gasteiger charge is -2.30. The molecular formula is C25H22N4O4. The molecule has 0 fully saturated rings. The number of urea groups is 1. The van der Waals surface area contributed by atoms with Crippen LogP contribution in [-0.4, -0.2) is 28.6 Å². The van der Waals surface area contributed by atoms with E-state index in [0.29, 0.717) is 29.4 Å². The summed E-state index contributed by atoms with van der Waals surface area (Å²) >= 11 is 0. The molecule has 0 saturated heterocycles. The molecule has 0 saturated carbocycles. The smallest absolute Gasteiger partial charge is 0.323 e. The van der Waals surface area contributed by atoms with Gasteiger partial charge in [0.05, 0.1) is 18.8 Å². The first kappa shape index (κ1) is 20.6. The molecule has 4 N–H and O–H groups in total. The van der Waals surface area contributed by atoms with Crippen molar-refractivity contribution in [2.45, 2.75) is 13.2 Å². The fourth-order valence-corrected chi connectivity index (χ4v) is 3.81. The van der Waals surface area contributed by atoms with Gasteiger partial charge in [-0.3, -0.25) is 4.79 Å². The summed E-state index contributed by atoms with van der Waals surface area (Å²) in [7, 11) is 0. The first-order chi connectivity index (χ1) is 16.1. The lowest BCUT2D eigenvalue weighted by molar-refractivity contribution is -0.121. The Labute approximate surface area is 189 Å². The van der Waals surface area contributed by atoms with Crippen molar-refractivity contribution >= 4 is 39.9 Å². The van der Waals surface area contributed by atoms with Gasteiger partial charge in [0, 0.05) is 29.2 Å². The van der Waals surface area contributed by atoms with Crippen molar-refractivity contribution in [2.24, 2.45) is 0 Å². The molecule has 0 unspecified atom stereocenters. The molecule has 3 aromatic carbocycles. The maximum Gasteiger partial charge on any atom is 0.323 e. The van der Waals surface area contributed by atoms with Gasteiger partial charge in [-0.25, -0.2) is 4.79 Å². The number of hydrogen-bond donors (Lipinski definition) is 4. The fraction of sp³-hybridized carbons (Fsp3) is 0.120. The Balaban J connectivity index is 1.29. The number of amides is 3. The molecule has 3 amide bonds. The van der Waals surface area contributed by atoms with Crippen LogP contribution in [0.2, 0.25) is 0 Å². The lowest BCUT2D eigenvalue weighted by Crippen LogP contribution is -2.38. The minimum atomic E-state index is -0.381. The summed E-state index contributed by atoms with van der Waals surface area (Å²) in [4.78, 5) is 29.8. The normalized spacial score (nSPS) is 12.9. The number of aliphatic hydroxyl groups is 1. The fourth-order valence-electron chi connectivity index (χ4n) is 3.81. The average molecular weight is 442 g/mol. The van der Waals surface area contributed by atoms with E-state index < -0.39 is 0 Å². The largest absolute Gasteiger partial charge is 0.481 e. The maximum atomic E-state index is 12.5. The molecule has 166 valence electrons. The molecule has 0 radical (unpaired) electrons. The van der Waals surface area contributed by atoms with Gasteiger partial charge in [-0.2, -0.15) is 0 Å². The second-order valence-electron chi connectivity index (χ2n) is 7.78. The summed E-state index contributed by atoms with van der Waals surface area (Å²) < 4.78 is 5.62. The zero-order chi connectivity index (χ0) is 22.8. The van der Waals surface area contributed by atoms with Gasteiger partial charge in [-0.05, 0) is 46.8 Å². The van der Waals surface area contributed by atoms with Gasteiger partial charge in [-0.1, -0.05) is 30.3 Å². The van der Waals surface area contributed by atoms with Gasteiger partial charge in [0.25, 0.3) is 5.91 Å². The molecule has 8 nitrogen and oxygen atoms in total. The summed E-state index contributed by atoms with van der Waals surface area (Å²) in [5.74, 6) is 0.374. The standard InChI is InChI=1S/C25H22N4O4/c30-14-17-3-1-16(2-4-17)13-29-22-8-7-20(12-23(22)33-15-24(29)31)28-25(32)27-19-6-5-18-9-10-26-21(18)11-19/h1-12,26,30H,13-15H2,(H2,27,28,32). The third-order valence-electron chi connectivity index (χ3n) is 5.52. The van der Waals surface area contributed by atoms with Crippen LogP contribution in [0, 0.1) is 0 Å². The van der Waals surface area contributed by atoms with E-state index in [2.05, 4.69) is 15.6 Å². The van der Waals surface area contributed by atoms with Crippen LogP contribution in [0.4, 0.5) is 21.9 Å². The molecule has 2 heterocycles. The van der Waals surface area contributed by atoms with Crippen LogP contribution in [0.1, 0.15) is 11.1 Å². The number of nitrogens with zero attached hydrogens (tertiary/aromatic N) is 1. The Morgan fingerprint density at radius 1 is 0.970 bits per heavy atom. The molecule has 0 atom stereocenters. The summed E-state index contributed by atoms with van der Waals surface area (Å²) in [6, 6.07) is 19.8. The van der Waals surface area contributed by atoms with Gasteiger partial charge >= 0.3 is 6.03 Å². The zero-order valence-corrected chi connectivity index (χ0v) is 17.7. The number of hydrogen-bond acceptors (Lipinski definition) is 4. The predicted octanol–water partition coefficient (Wildman–Crippen LogP) is 4.23. The van der Waals surface area contributed by atoms with Crippen LogP contribution in [0.25, 0.3) is 10.9 Å². The van der Waals surface area contributed by atoms with Crippen molar-refractivity contribution in [3.8, 4) is 5.75 Å². The van der Waals surface area contributed by atoms with E-state index in [1.807, 2.05) is 54.7 Å². The van der Waals surface area contributed by atoms with Crippen molar-refractivity contribution in [3.63, 3.8) is 0 Å². The Kier molecular flexibility index (Phi) is 5.42. The quantitative estimate of drug-likeness (QED) is 0.371. The van der Waals surface area contributed by atoms with Crippen LogP contribution >= 0.6 is 0 Å². The second-order valence-corrected chi connectivity index (χ2v) is 7.78. The lowest BCUT2D eigenvalue weighted by atomic mass is 10.1. The number of carbonyl (C=O) groups is 2. The van der Waals surface area contributed by atoms with E-state index in [0.717, 1.165) is 22.0 Å². The summed E-state index contributed by atoms with van der Waals surface area (Å²) in [6.07, 6.45) is 1.85. The number of ether oxygens (including phenoxy) is 1. The van der Waals surface area contributed by atoms with E-state index in [-0.39, 0.29) is 25.2 Å². The first-order valence-electron chi connectivity index (χ1n) is 10.5. The molecule has 1 aliphatic heterocycles. The molecule has 4 aromatic rings. The van der Waals surface area contributed by atoms with E-state index in [1.165, 1.54) is 0 Å². The van der Waals surface area contributed by atoms with Crippen LogP contribution in [0.3, 0.4) is 0 Å². The van der Waals surface area contributed by atoms with E-state index >= 15 is 0 Å². The molecule has 0 bridgehead atoms. The molecular weight excluding hydrogens is 420 g/mol. The van der Waals surface area contributed by atoms with Crippen LogP contribution in [0.5, 0.6) is 5.75 Å². The van der Waals surface area contributed by atoms with Gasteiger partial charge in [0.1, 0.15) is 5.75 Å². The number of aromatic amines is 1. The highest BCUT2D eigenvalue weighted by Crippen LogP contribution is 2.35. The number of aliphatic hydroxyl groups excluding tert-OH is 1. The SMILES string of the molecule is O=C(Nc1ccc2c(c1)OCC(=O)N2Cc1ccc(CO)cc1)Nc1ccc2cc[nH]c2c1. The molecule has 8 heteroatoms. The van der Waals surface area contributed by atoms with Crippen molar-refractivity contribution in [1.82, 2.24) is 4.98 Å². The first-order valence-corrected chi connectivity index (χ1v) is 10.5. The summed E-state index contributed by atoms with van der Waals surface area (Å²) in [5, 5.41) is 15.9. The second kappa shape index (κ2) is 8.68. The van der Waals surface area contributed by atoms with Gasteiger partial charge in [0.2, 0.25) is 0 Å². The van der Waals surface area contributed by atoms with Crippen molar-refractivity contribution in [1.29, 1.82) is 0 Å². The number of anilines is 3. The number of aromatic nitrogens is 1. The molecule has 1 aliphatic rings. The highest BCUT2D eigenvalue weighted by atomic mass is 16.5. The van der Waals surface area contributed by atoms with Crippen LogP contribution in [-0.2, 0) is 17.9 Å². The predicted molar refractivity (Wildman–Crippen MR) is 126 cm³/mol. The third-order valence-corrected chi connectivity index (χ3v) is 5.52. The Hall–Kier alpha value is -4.30. The third kappa shape index (κ3) is 4.37. The van der Waals surface area contributed by atoms with Crippen molar-refractivity contribution in [2.75, 3.05) is 22.1 Å². The molecule has 33 heavy (non-hydrogen) atoms. The molecule has 5 rings (SSSR count). The van der Waals surface area contributed by atoms with Gasteiger partial charge in [-0.15, -0.1) is 0 Å². The monoisotopic (exact) mass is 442 g/mol. The highest BCUT2D eigenvalue weighted by molar-refractivity contribution is 6.02. The van der Waals surface area contributed by atoms with Gasteiger partial charge < -0.3 is 30.4 Å². The van der Waals surface area contributed by atoms with Crippen LogP contribution in [0.15, 0.2) is 72.9 Å². The summed E-state index contributed by atoms with van der Waals surface area (Å²) in [6.45, 7) is 0.284. The molecule has 0 aliphatic carbocycles. The number of H-pyrrole nitrogens is 1. The minimum Gasteiger partial charge on any atom is -0.481 e. The number of nitrogens with one attached hydrogen (secondary N) is 3. The number of benzene rings is 3. The van der Waals surface area contributed by atoms with Crippen molar-refractivity contribution in [3.05, 3.63) is 84.1 Å². The van der Waals surface area contributed by atoms with E-state index in [4.69, 9.17) is 4.74 Å². The summed E-state index contributed by atoms with van der Waals surface area (Å²) in [5.41, 5.74) is 4.55. The minimum absolute atomic E-state index is 0.0243. The van der Waals surface area contributed by atoms with Gasteiger partial charge in [0.15, 0.2) is 6.61 Å². The van der Waals surface area contributed by atoms with Crippen molar-refractivity contribution < 1.29 is 19.4 Å². The number of carbonyl (C=O) groups excluding carboxylic acids is 2. The maximum absolute atomic E-state index is 12.5. The van der Waals surface area contributed by atoms with E-state index in [1.54, 1.807) is 23.1 Å². The number of fused-ring (bicyclic) bond motifs is 2. The Morgan fingerprint density at radius 2 is 1.70 bits per heavy atom. The zero-order valence-electron chi connectivity index (χ0n) is 17.7. The number of rotatable bonds is 5. The molecule has 1 aromatic heterocycles. The topological polar surface area (TPSA) is 107 Å². The highest BCUT2D eigenvalue weighted by Gasteiger charge is 2.26.